The molecule has 1 heterocycles. The molecule has 8 heteroatoms. The van der Waals surface area contributed by atoms with Crippen LogP contribution in [0.1, 0.15) is 22.3 Å². The number of nitrogens with zero attached hydrogens (tertiary/aromatic N) is 3. The number of rotatable bonds is 9. The first-order chi connectivity index (χ1) is 15.7. The van der Waals surface area contributed by atoms with Crippen LogP contribution in [0, 0.1) is 0 Å². The number of guanidine groups is 1. The van der Waals surface area contributed by atoms with E-state index < -0.39 is 0 Å². The topological polar surface area (TPSA) is 72.0 Å². The minimum Gasteiger partial charge on any atom is -0.369 e. The third-order valence-corrected chi connectivity index (χ3v) is 5.78. The molecule has 0 aliphatic carbocycles. The lowest BCUT2D eigenvalue weighted by Gasteiger charge is -2.36. The smallest absolute Gasteiger partial charge is 0.251 e. The van der Waals surface area contributed by atoms with Crippen LogP contribution in [0.15, 0.2) is 59.6 Å². The van der Waals surface area contributed by atoms with Crippen LogP contribution in [0.5, 0.6) is 0 Å². The zero-order chi connectivity index (χ0) is 22.6. The maximum Gasteiger partial charge on any atom is 0.251 e. The van der Waals surface area contributed by atoms with Crippen LogP contribution in [0.2, 0.25) is 0 Å². The second kappa shape index (κ2) is 14.7. The third-order valence-electron chi connectivity index (χ3n) is 5.78. The van der Waals surface area contributed by atoms with E-state index in [9.17, 15) is 4.79 Å². The highest BCUT2D eigenvalue weighted by atomic mass is 127. The molecule has 1 fully saturated rings. The maximum absolute atomic E-state index is 11.8. The van der Waals surface area contributed by atoms with Crippen LogP contribution in [0.3, 0.4) is 0 Å². The molecule has 1 saturated heterocycles. The Morgan fingerprint density at radius 1 is 0.970 bits per heavy atom. The number of nitrogens with one attached hydrogen (secondary N) is 3. The van der Waals surface area contributed by atoms with Gasteiger partial charge in [0, 0.05) is 64.6 Å². The van der Waals surface area contributed by atoms with Crippen molar-refractivity contribution in [3.8, 4) is 0 Å². The van der Waals surface area contributed by atoms with Crippen molar-refractivity contribution in [1.29, 1.82) is 0 Å². The number of hydrogen-bond donors (Lipinski definition) is 3. The van der Waals surface area contributed by atoms with Gasteiger partial charge in [0.05, 0.1) is 0 Å². The predicted molar refractivity (Wildman–Crippen MR) is 148 cm³/mol. The van der Waals surface area contributed by atoms with Crippen LogP contribution in [0.4, 0.5) is 5.69 Å². The normalized spacial score (nSPS) is 14.4. The first kappa shape index (κ1) is 26.9. The molecule has 33 heavy (non-hydrogen) atoms. The van der Waals surface area contributed by atoms with E-state index >= 15 is 0 Å². The number of amides is 1. The molecular weight excluding hydrogens is 527 g/mol. The second-order valence-electron chi connectivity index (χ2n) is 7.97. The van der Waals surface area contributed by atoms with Gasteiger partial charge in [-0.1, -0.05) is 30.3 Å². The number of para-hydroxylation sites is 1. The van der Waals surface area contributed by atoms with Gasteiger partial charge in [-0.25, -0.2) is 0 Å². The van der Waals surface area contributed by atoms with Crippen molar-refractivity contribution in [2.45, 2.75) is 12.8 Å². The fourth-order valence-electron chi connectivity index (χ4n) is 3.94. The summed E-state index contributed by atoms with van der Waals surface area (Å²) in [5.41, 5.74) is 3.14. The van der Waals surface area contributed by atoms with Crippen LogP contribution >= 0.6 is 24.0 Å². The van der Waals surface area contributed by atoms with E-state index in [-0.39, 0.29) is 29.9 Å². The monoisotopic (exact) mass is 564 g/mol. The lowest BCUT2D eigenvalue weighted by molar-refractivity contribution is 0.0963. The first-order valence-corrected chi connectivity index (χ1v) is 11.5. The highest BCUT2D eigenvalue weighted by Gasteiger charge is 2.16. The van der Waals surface area contributed by atoms with Gasteiger partial charge in [-0.2, -0.15) is 0 Å². The zero-order valence-corrected chi connectivity index (χ0v) is 22.0. The lowest BCUT2D eigenvalue weighted by atomic mass is 10.1. The van der Waals surface area contributed by atoms with Gasteiger partial charge in [0.15, 0.2) is 5.96 Å². The SMILES string of the molecule is CN=C(NCCCN1CCN(c2ccccc2)CC1)NCCc1cccc(C(=O)NC)c1.I. The number of benzene rings is 2. The van der Waals surface area contributed by atoms with Crippen molar-refractivity contribution in [3.05, 3.63) is 65.7 Å². The van der Waals surface area contributed by atoms with Crippen molar-refractivity contribution < 1.29 is 4.79 Å². The molecule has 0 radical (unpaired) electrons. The van der Waals surface area contributed by atoms with Gasteiger partial charge in [-0.3, -0.25) is 14.7 Å². The van der Waals surface area contributed by atoms with Crippen molar-refractivity contribution in [2.75, 3.05) is 64.8 Å². The molecule has 2 aromatic rings. The Labute approximate surface area is 215 Å². The van der Waals surface area contributed by atoms with Gasteiger partial charge in [0.2, 0.25) is 0 Å². The largest absolute Gasteiger partial charge is 0.369 e. The van der Waals surface area contributed by atoms with E-state index in [2.05, 4.69) is 61.1 Å². The molecule has 0 aromatic heterocycles. The average Bonchev–Trinajstić information content (AvgIpc) is 2.86. The fourth-order valence-corrected chi connectivity index (χ4v) is 3.94. The fraction of sp³-hybridized carbons (Fsp3) is 0.440. The summed E-state index contributed by atoms with van der Waals surface area (Å²) in [5, 5.41) is 9.43. The predicted octanol–water partition coefficient (Wildman–Crippen LogP) is 2.58. The molecule has 0 atom stereocenters. The van der Waals surface area contributed by atoms with Gasteiger partial charge in [-0.05, 0) is 49.2 Å². The number of hydrogen-bond acceptors (Lipinski definition) is 4. The number of carbonyl (C=O) groups is 1. The van der Waals surface area contributed by atoms with Crippen molar-refractivity contribution >= 4 is 41.5 Å². The molecule has 0 bridgehead atoms. The summed E-state index contributed by atoms with van der Waals surface area (Å²) in [6, 6.07) is 18.4. The Morgan fingerprint density at radius 2 is 1.70 bits per heavy atom. The minimum absolute atomic E-state index is 0. The molecule has 0 saturated carbocycles. The molecule has 1 amide bonds. The van der Waals surface area contributed by atoms with E-state index in [1.54, 1.807) is 14.1 Å². The van der Waals surface area contributed by atoms with E-state index in [0.29, 0.717) is 5.56 Å². The molecule has 1 aliphatic heterocycles. The summed E-state index contributed by atoms with van der Waals surface area (Å²) >= 11 is 0. The van der Waals surface area contributed by atoms with Crippen LogP contribution in [-0.4, -0.2) is 76.7 Å². The highest BCUT2D eigenvalue weighted by molar-refractivity contribution is 14.0. The molecule has 3 rings (SSSR count). The van der Waals surface area contributed by atoms with E-state index in [4.69, 9.17) is 0 Å². The summed E-state index contributed by atoms with van der Waals surface area (Å²) in [6.07, 6.45) is 1.91. The summed E-state index contributed by atoms with van der Waals surface area (Å²) in [6.45, 7) is 7.14. The van der Waals surface area contributed by atoms with Gasteiger partial charge in [0.25, 0.3) is 5.91 Å². The third kappa shape index (κ3) is 8.85. The number of aliphatic imine (C=N–C) groups is 1. The number of anilines is 1. The molecule has 0 unspecified atom stereocenters. The van der Waals surface area contributed by atoms with E-state index in [0.717, 1.165) is 70.2 Å². The maximum atomic E-state index is 11.8. The van der Waals surface area contributed by atoms with Crippen LogP contribution < -0.4 is 20.9 Å². The highest BCUT2D eigenvalue weighted by Crippen LogP contribution is 2.15. The molecule has 1 aliphatic rings. The molecule has 0 spiro atoms. The summed E-state index contributed by atoms with van der Waals surface area (Å²) in [7, 11) is 3.45. The minimum atomic E-state index is -0.0567. The Morgan fingerprint density at radius 3 is 2.39 bits per heavy atom. The molecular formula is C25H37IN6O. The van der Waals surface area contributed by atoms with Crippen molar-refractivity contribution in [2.24, 2.45) is 4.99 Å². The van der Waals surface area contributed by atoms with Gasteiger partial charge in [0.1, 0.15) is 0 Å². The average molecular weight is 565 g/mol. The Hall–Kier alpha value is -2.33. The molecule has 180 valence electrons. The van der Waals surface area contributed by atoms with Gasteiger partial charge < -0.3 is 20.9 Å². The second-order valence-corrected chi connectivity index (χ2v) is 7.97. The number of piperazine rings is 1. The summed E-state index contributed by atoms with van der Waals surface area (Å²) in [4.78, 5) is 21.1. The number of halogens is 1. The number of carbonyl (C=O) groups excluding carboxylic acids is 1. The van der Waals surface area contributed by atoms with Crippen LogP contribution in [-0.2, 0) is 6.42 Å². The summed E-state index contributed by atoms with van der Waals surface area (Å²) in [5.74, 6) is 0.764. The van der Waals surface area contributed by atoms with E-state index in [1.807, 2.05) is 24.3 Å². The zero-order valence-electron chi connectivity index (χ0n) is 19.7. The Balaban J connectivity index is 0.00000385. The first-order valence-electron chi connectivity index (χ1n) is 11.5. The molecule has 3 N–H and O–H groups in total. The van der Waals surface area contributed by atoms with Crippen LogP contribution in [0.25, 0.3) is 0 Å². The van der Waals surface area contributed by atoms with E-state index in [1.165, 1.54) is 5.69 Å². The Bertz CT molecular complexity index is 868. The van der Waals surface area contributed by atoms with Gasteiger partial charge >= 0.3 is 0 Å². The standard InChI is InChI=1S/C25H36N6O.HI/c1-26-24(32)22-9-6-8-21(20-22)12-14-29-25(27-2)28-13-7-15-30-16-18-31(19-17-30)23-10-4-3-5-11-23;/h3-6,8-11,20H,7,12-19H2,1-2H3,(H,26,32)(H2,27,28,29);1H. The molecule has 2 aromatic carbocycles. The molecule has 7 nitrogen and oxygen atoms in total. The lowest BCUT2D eigenvalue weighted by Crippen LogP contribution is -2.47. The Kier molecular flexibility index (Phi) is 12.0. The quantitative estimate of drug-likeness (QED) is 0.189. The van der Waals surface area contributed by atoms with Gasteiger partial charge in [-0.15, -0.1) is 24.0 Å². The van der Waals surface area contributed by atoms with Crippen molar-refractivity contribution in [1.82, 2.24) is 20.9 Å². The van der Waals surface area contributed by atoms with Crippen molar-refractivity contribution in [3.63, 3.8) is 0 Å². The summed E-state index contributed by atoms with van der Waals surface area (Å²) < 4.78 is 0.